The number of rotatable bonds is 4. The van der Waals surface area contributed by atoms with Gasteiger partial charge in [0.15, 0.2) is 0 Å². The van der Waals surface area contributed by atoms with Crippen molar-refractivity contribution < 1.29 is 4.74 Å². The molecule has 1 aliphatic rings. The fraction of sp³-hybridized carbons (Fsp3) is 0.667. The van der Waals surface area contributed by atoms with Gasteiger partial charge in [-0.05, 0) is 13.3 Å². The Balaban J connectivity index is 2.08. The molecular weight excluding hydrogens is 254 g/mol. The Bertz CT molecular complexity index is 486. The number of nitrogens with zero attached hydrogens (tertiary/aromatic N) is 1. The second kappa shape index (κ2) is 4.90. The van der Waals surface area contributed by atoms with Crippen LogP contribution in [-0.4, -0.2) is 29.0 Å². The fourth-order valence-corrected chi connectivity index (χ4v) is 2.43. The van der Waals surface area contributed by atoms with Crippen molar-refractivity contribution in [3.63, 3.8) is 0 Å². The molecule has 2 atom stereocenters. The van der Waals surface area contributed by atoms with Crippen LogP contribution < -0.4 is 10.9 Å². The Hall–Kier alpha value is -1.07. The van der Waals surface area contributed by atoms with Crippen molar-refractivity contribution in [2.45, 2.75) is 39.3 Å². The van der Waals surface area contributed by atoms with Gasteiger partial charge >= 0.3 is 0 Å². The van der Waals surface area contributed by atoms with Crippen LogP contribution in [0.25, 0.3) is 0 Å². The highest BCUT2D eigenvalue weighted by atomic mass is 35.5. The summed E-state index contributed by atoms with van der Waals surface area (Å²) in [5.41, 5.74) is 0.218. The van der Waals surface area contributed by atoms with Gasteiger partial charge in [0, 0.05) is 18.1 Å². The number of nitrogens with one attached hydrogen (secondary N) is 2. The Morgan fingerprint density at radius 2 is 2.39 bits per heavy atom. The van der Waals surface area contributed by atoms with E-state index in [0.717, 1.165) is 6.42 Å². The average molecular weight is 272 g/mol. The van der Waals surface area contributed by atoms with E-state index >= 15 is 0 Å². The Morgan fingerprint density at radius 3 is 3.00 bits per heavy atom. The molecule has 1 aromatic rings. The molecule has 18 heavy (non-hydrogen) atoms. The summed E-state index contributed by atoms with van der Waals surface area (Å²) in [6.45, 7) is 6.99. The quantitative estimate of drug-likeness (QED) is 0.879. The van der Waals surface area contributed by atoms with Crippen molar-refractivity contribution >= 4 is 17.3 Å². The summed E-state index contributed by atoms with van der Waals surface area (Å²) in [7, 11) is 0. The molecule has 0 aromatic carbocycles. The van der Waals surface area contributed by atoms with Gasteiger partial charge in [0.2, 0.25) is 0 Å². The standard InChI is InChI=1S/C12H18ClN3O2/c1-4-18-9-5-8(12(9,2)3)15-7-6-14-16-11(17)10(7)13/h6,8-9H,4-5H2,1-3H3,(H2,15,16,17). The van der Waals surface area contributed by atoms with E-state index in [1.54, 1.807) is 0 Å². The first-order chi connectivity index (χ1) is 8.46. The zero-order chi connectivity index (χ0) is 13.3. The van der Waals surface area contributed by atoms with Crippen LogP contribution in [0.4, 0.5) is 5.69 Å². The first-order valence-electron chi connectivity index (χ1n) is 6.08. The molecular formula is C12H18ClN3O2. The molecule has 0 bridgehead atoms. The summed E-state index contributed by atoms with van der Waals surface area (Å²) in [6, 6.07) is 0.232. The van der Waals surface area contributed by atoms with E-state index in [2.05, 4.69) is 29.4 Å². The van der Waals surface area contributed by atoms with Gasteiger partial charge < -0.3 is 10.1 Å². The van der Waals surface area contributed by atoms with Crippen LogP contribution in [0.1, 0.15) is 27.2 Å². The van der Waals surface area contributed by atoms with Crippen molar-refractivity contribution in [2.24, 2.45) is 5.41 Å². The highest BCUT2D eigenvalue weighted by Gasteiger charge is 2.49. The third kappa shape index (κ3) is 2.24. The van der Waals surface area contributed by atoms with Gasteiger partial charge in [0.25, 0.3) is 5.56 Å². The van der Waals surface area contributed by atoms with E-state index in [0.29, 0.717) is 12.3 Å². The van der Waals surface area contributed by atoms with Crippen LogP contribution in [0.15, 0.2) is 11.0 Å². The van der Waals surface area contributed by atoms with Crippen molar-refractivity contribution in [1.29, 1.82) is 0 Å². The Kier molecular flexibility index (Phi) is 3.64. The van der Waals surface area contributed by atoms with Crippen LogP contribution in [0.3, 0.4) is 0 Å². The first-order valence-corrected chi connectivity index (χ1v) is 6.46. The molecule has 6 heteroatoms. The minimum Gasteiger partial charge on any atom is -0.379 e. The van der Waals surface area contributed by atoms with Crippen LogP contribution in [-0.2, 0) is 4.74 Å². The summed E-state index contributed by atoms with van der Waals surface area (Å²) < 4.78 is 5.66. The number of ether oxygens (including phenoxy) is 1. The number of anilines is 1. The molecule has 1 aliphatic carbocycles. The van der Waals surface area contributed by atoms with Crippen LogP contribution >= 0.6 is 11.6 Å². The Labute approximate surface area is 111 Å². The lowest BCUT2D eigenvalue weighted by molar-refractivity contribution is -0.0976. The minimum atomic E-state index is -0.375. The lowest BCUT2D eigenvalue weighted by Crippen LogP contribution is -2.58. The molecule has 5 nitrogen and oxygen atoms in total. The molecule has 1 saturated carbocycles. The predicted octanol–water partition coefficient (Wildman–Crippen LogP) is 2.04. The zero-order valence-corrected chi connectivity index (χ0v) is 11.5. The topological polar surface area (TPSA) is 67.0 Å². The lowest BCUT2D eigenvalue weighted by Gasteiger charge is -2.52. The van der Waals surface area contributed by atoms with Gasteiger partial charge in [-0.25, -0.2) is 5.10 Å². The molecule has 1 heterocycles. The second-order valence-electron chi connectivity index (χ2n) is 5.12. The van der Waals surface area contributed by atoms with Crippen LogP contribution in [0, 0.1) is 5.41 Å². The first kappa shape index (κ1) is 13.4. The number of halogens is 1. The third-order valence-corrected chi connectivity index (χ3v) is 4.05. The summed E-state index contributed by atoms with van der Waals surface area (Å²) in [6.07, 6.45) is 2.69. The van der Waals surface area contributed by atoms with Crippen molar-refractivity contribution in [2.75, 3.05) is 11.9 Å². The normalized spacial score (nSPS) is 25.6. The van der Waals surface area contributed by atoms with Crippen molar-refractivity contribution in [1.82, 2.24) is 10.2 Å². The number of hydrogen-bond donors (Lipinski definition) is 2. The van der Waals surface area contributed by atoms with Gasteiger partial charge in [-0.3, -0.25) is 4.79 Å². The molecule has 100 valence electrons. The number of hydrogen-bond acceptors (Lipinski definition) is 4. The summed E-state index contributed by atoms with van der Waals surface area (Å²) in [5, 5.41) is 9.47. The molecule has 1 aromatic heterocycles. The number of aromatic nitrogens is 2. The van der Waals surface area contributed by atoms with E-state index in [-0.39, 0.29) is 28.1 Å². The minimum absolute atomic E-state index is 0.0158. The van der Waals surface area contributed by atoms with E-state index in [1.807, 2.05) is 6.92 Å². The second-order valence-corrected chi connectivity index (χ2v) is 5.50. The maximum Gasteiger partial charge on any atom is 0.285 e. The Morgan fingerprint density at radius 1 is 1.67 bits per heavy atom. The van der Waals surface area contributed by atoms with E-state index in [9.17, 15) is 4.79 Å². The molecule has 1 fully saturated rings. The number of aromatic amines is 1. The third-order valence-electron chi connectivity index (χ3n) is 3.67. The van der Waals surface area contributed by atoms with E-state index < -0.39 is 0 Å². The predicted molar refractivity (Wildman–Crippen MR) is 71.1 cm³/mol. The molecule has 2 N–H and O–H groups in total. The highest BCUT2D eigenvalue weighted by molar-refractivity contribution is 6.32. The molecule has 2 rings (SSSR count). The lowest BCUT2D eigenvalue weighted by atomic mass is 9.64. The van der Waals surface area contributed by atoms with Crippen LogP contribution in [0.2, 0.25) is 5.02 Å². The van der Waals surface area contributed by atoms with Gasteiger partial charge in [-0.15, -0.1) is 0 Å². The molecule has 0 radical (unpaired) electrons. The maximum atomic E-state index is 11.3. The van der Waals surface area contributed by atoms with Gasteiger partial charge in [0.05, 0.1) is 18.0 Å². The SMILES string of the molecule is CCOC1CC(Nc2cn[nH]c(=O)c2Cl)C1(C)C. The smallest absolute Gasteiger partial charge is 0.285 e. The largest absolute Gasteiger partial charge is 0.379 e. The van der Waals surface area contributed by atoms with Gasteiger partial charge in [-0.1, -0.05) is 25.4 Å². The maximum absolute atomic E-state index is 11.3. The molecule has 0 saturated heterocycles. The summed E-state index contributed by atoms with van der Waals surface area (Å²) in [4.78, 5) is 11.3. The van der Waals surface area contributed by atoms with Crippen molar-refractivity contribution in [3.05, 3.63) is 21.6 Å². The number of H-pyrrole nitrogens is 1. The van der Waals surface area contributed by atoms with Crippen LogP contribution in [0.5, 0.6) is 0 Å². The monoisotopic (exact) mass is 271 g/mol. The average Bonchev–Trinajstić information content (AvgIpc) is 2.33. The molecule has 2 unspecified atom stereocenters. The van der Waals surface area contributed by atoms with E-state index in [4.69, 9.17) is 16.3 Å². The molecule has 0 amide bonds. The van der Waals surface area contributed by atoms with E-state index in [1.165, 1.54) is 6.20 Å². The van der Waals surface area contributed by atoms with Crippen molar-refractivity contribution in [3.8, 4) is 0 Å². The van der Waals surface area contributed by atoms with Gasteiger partial charge in [-0.2, -0.15) is 5.10 Å². The molecule has 0 aliphatic heterocycles. The molecule has 0 spiro atoms. The van der Waals surface area contributed by atoms with Gasteiger partial charge in [0.1, 0.15) is 5.02 Å². The zero-order valence-electron chi connectivity index (χ0n) is 10.8. The highest BCUT2D eigenvalue weighted by Crippen LogP contribution is 2.44. The summed E-state index contributed by atoms with van der Waals surface area (Å²) in [5.74, 6) is 0. The fourth-order valence-electron chi connectivity index (χ4n) is 2.29. The summed E-state index contributed by atoms with van der Waals surface area (Å²) >= 11 is 5.93.